The first-order valence-corrected chi connectivity index (χ1v) is 5.90. The lowest BCUT2D eigenvalue weighted by Crippen LogP contribution is -2.21. The van der Waals surface area contributed by atoms with Crippen LogP contribution in [0.25, 0.3) is 0 Å². The highest BCUT2D eigenvalue weighted by atomic mass is 31.2. The first-order chi connectivity index (χ1) is 8.78. The SMILES string of the molecule is C#CCOCC(COCC#C)COP(OF)OF. The van der Waals surface area contributed by atoms with Crippen LogP contribution in [-0.2, 0) is 23.5 Å². The van der Waals surface area contributed by atoms with Crippen LogP contribution in [-0.4, -0.2) is 33.0 Å². The van der Waals surface area contributed by atoms with Gasteiger partial charge in [-0.1, -0.05) is 11.8 Å². The monoisotopic (exact) mass is 282 g/mol. The third-order valence-electron chi connectivity index (χ3n) is 1.61. The third-order valence-corrected chi connectivity index (χ3v) is 2.19. The first-order valence-electron chi connectivity index (χ1n) is 4.81. The maximum atomic E-state index is 11.6. The summed E-state index contributed by atoms with van der Waals surface area (Å²) in [5.41, 5.74) is 0. The molecule has 0 aromatic carbocycles. The molecule has 0 atom stereocenters. The largest absolute Gasteiger partial charge is 0.403 e. The van der Waals surface area contributed by atoms with Gasteiger partial charge >= 0.3 is 8.60 Å². The summed E-state index contributed by atoms with van der Waals surface area (Å²) < 4.78 is 44.3. The number of hydrogen-bond acceptors (Lipinski definition) is 5. The molecule has 0 bridgehead atoms. The van der Waals surface area contributed by atoms with E-state index in [2.05, 4.69) is 25.8 Å². The van der Waals surface area contributed by atoms with Gasteiger partial charge in [-0.25, -0.2) is 0 Å². The van der Waals surface area contributed by atoms with Crippen LogP contribution in [0.15, 0.2) is 0 Å². The molecule has 102 valence electrons. The molecule has 0 rings (SSSR count). The number of halogens is 2. The van der Waals surface area contributed by atoms with Crippen LogP contribution in [0.1, 0.15) is 0 Å². The predicted molar refractivity (Wildman–Crippen MR) is 60.1 cm³/mol. The Balaban J connectivity index is 3.95. The lowest BCUT2D eigenvalue weighted by molar-refractivity contribution is -0.0996. The second-order valence-electron chi connectivity index (χ2n) is 2.96. The summed E-state index contributed by atoms with van der Waals surface area (Å²) in [5.74, 6) is 4.25. The van der Waals surface area contributed by atoms with Crippen LogP contribution in [0.3, 0.4) is 0 Å². The van der Waals surface area contributed by atoms with Crippen molar-refractivity contribution >= 4 is 8.60 Å². The fraction of sp³-hybridized carbons (Fsp3) is 0.600. The van der Waals surface area contributed by atoms with Crippen LogP contribution >= 0.6 is 8.60 Å². The Labute approximate surface area is 105 Å². The minimum absolute atomic E-state index is 0.0886. The molecule has 0 saturated carbocycles. The summed E-state index contributed by atoms with van der Waals surface area (Å²) in [6.45, 7) is 0.515. The van der Waals surface area contributed by atoms with Gasteiger partial charge in [0.2, 0.25) is 0 Å². The lowest BCUT2D eigenvalue weighted by Gasteiger charge is -2.16. The van der Waals surface area contributed by atoms with E-state index in [0.29, 0.717) is 0 Å². The molecule has 0 radical (unpaired) electrons. The van der Waals surface area contributed by atoms with Crippen molar-refractivity contribution < 1.29 is 32.5 Å². The lowest BCUT2D eigenvalue weighted by atomic mass is 10.2. The highest BCUT2D eigenvalue weighted by Gasteiger charge is 2.18. The van der Waals surface area contributed by atoms with Crippen LogP contribution in [0, 0.1) is 30.6 Å². The predicted octanol–water partition coefficient (Wildman–Crippen LogP) is 1.95. The zero-order chi connectivity index (χ0) is 13.6. The Kier molecular flexibility index (Phi) is 12.1. The molecule has 0 fully saturated rings. The van der Waals surface area contributed by atoms with Crippen LogP contribution < -0.4 is 0 Å². The number of rotatable bonds is 11. The van der Waals surface area contributed by atoms with Gasteiger partial charge < -0.3 is 14.0 Å². The van der Waals surface area contributed by atoms with Crippen molar-refractivity contribution in [2.45, 2.75) is 0 Å². The summed E-state index contributed by atoms with van der Waals surface area (Å²) in [7, 11) is -2.65. The number of hydrogen-bond donors (Lipinski definition) is 0. The zero-order valence-corrected chi connectivity index (χ0v) is 10.4. The van der Waals surface area contributed by atoms with Gasteiger partial charge in [-0.15, -0.1) is 22.3 Å². The molecule has 18 heavy (non-hydrogen) atoms. The van der Waals surface area contributed by atoms with E-state index in [1.165, 1.54) is 0 Å². The standard InChI is InChI=1S/C10H13F2O5P/c1-3-5-13-7-10(8-14-6-4-2)9-15-18(16-11)17-12/h1-2,10H,5-9H2. The molecular formula is C10H13F2O5P. The van der Waals surface area contributed by atoms with E-state index in [0.717, 1.165) is 0 Å². The topological polar surface area (TPSA) is 46.2 Å². The van der Waals surface area contributed by atoms with Gasteiger partial charge in [-0.05, 0) is 9.05 Å². The van der Waals surface area contributed by atoms with E-state index in [-0.39, 0.29) is 39.0 Å². The second kappa shape index (κ2) is 12.7. The van der Waals surface area contributed by atoms with Gasteiger partial charge in [0.05, 0.1) is 19.8 Å². The molecule has 0 aliphatic carbocycles. The minimum atomic E-state index is -2.65. The summed E-state index contributed by atoms with van der Waals surface area (Å²) in [6, 6.07) is 0. The molecule has 0 aliphatic heterocycles. The maximum absolute atomic E-state index is 11.6. The molecule has 0 amide bonds. The molecule has 0 spiro atoms. The summed E-state index contributed by atoms with van der Waals surface area (Å²) in [4.78, 5) is 0. The Morgan fingerprint density at radius 2 is 1.44 bits per heavy atom. The van der Waals surface area contributed by atoms with Crippen molar-refractivity contribution in [3.05, 3.63) is 0 Å². The normalized spacial score (nSPS) is 10.6. The van der Waals surface area contributed by atoms with Crippen LogP contribution in [0.5, 0.6) is 0 Å². The molecule has 5 nitrogen and oxygen atoms in total. The molecule has 8 heteroatoms. The summed E-state index contributed by atoms with van der Waals surface area (Å²) >= 11 is 0. The smallest absolute Gasteiger partial charge is 0.368 e. The fourth-order valence-corrected chi connectivity index (χ4v) is 1.36. The molecule has 0 unspecified atom stereocenters. The number of ether oxygens (including phenoxy) is 2. The van der Waals surface area contributed by atoms with Crippen molar-refractivity contribution in [1.29, 1.82) is 0 Å². The van der Waals surface area contributed by atoms with Crippen LogP contribution in [0.4, 0.5) is 9.05 Å². The Hall–Kier alpha value is -0.790. The van der Waals surface area contributed by atoms with Gasteiger partial charge in [-0.3, -0.25) is 0 Å². The molecule has 0 heterocycles. The van der Waals surface area contributed by atoms with Crippen molar-refractivity contribution in [1.82, 2.24) is 0 Å². The fourth-order valence-electron chi connectivity index (χ4n) is 0.930. The summed E-state index contributed by atoms with van der Waals surface area (Å²) in [5, 5.41) is 0. The molecular weight excluding hydrogens is 269 g/mol. The van der Waals surface area contributed by atoms with Crippen molar-refractivity contribution in [3.8, 4) is 24.7 Å². The van der Waals surface area contributed by atoms with E-state index in [1.54, 1.807) is 0 Å². The molecule has 0 saturated heterocycles. The Bertz CT molecular complexity index is 254. The highest BCUT2D eigenvalue weighted by Crippen LogP contribution is 2.40. The number of terminal acetylenes is 2. The zero-order valence-electron chi connectivity index (χ0n) is 9.51. The van der Waals surface area contributed by atoms with E-state index in [9.17, 15) is 9.05 Å². The van der Waals surface area contributed by atoms with Crippen molar-refractivity contribution in [2.24, 2.45) is 5.92 Å². The quantitative estimate of drug-likeness (QED) is 0.329. The van der Waals surface area contributed by atoms with Crippen molar-refractivity contribution in [3.63, 3.8) is 0 Å². The van der Waals surface area contributed by atoms with Gasteiger partial charge in [0.25, 0.3) is 0 Å². The summed E-state index contributed by atoms with van der Waals surface area (Å²) in [6.07, 6.45) is 10.0. The third kappa shape index (κ3) is 9.26. The van der Waals surface area contributed by atoms with Gasteiger partial charge in [0.1, 0.15) is 13.2 Å². The van der Waals surface area contributed by atoms with Gasteiger partial charge in [0, 0.05) is 5.92 Å². The Morgan fingerprint density at radius 1 is 0.944 bits per heavy atom. The van der Waals surface area contributed by atoms with Crippen molar-refractivity contribution in [2.75, 3.05) is 33.0 Å². The maximum Gasteiger partial charge on any atom is 0.403 e. The van der Waals surface area contributed by atoms with E-state index in [1.807, 2.05) is 0 Å². The first kappa shape index (κ1) is 17.2. The van der Waals surface area contributed by atoms with E-state index >= 15 is 0 Å². The van der Waals surface area contributed by atoms with E-state index in [4.69, 9.17) is 22.3 Å². The highest BCUT2D eigenvalue weighted by molar-refractivity contribution is 7.41. The van der Waals surface area contributed by atoms with Crippen LogP contribution in [0.2, 0.25) is 0 Å². The average Bonchev–Trinajstić information content (AvgIpc) is 2.39. The molecule has 0 aliphatic rings. The average molecular weight is 282 g/mol. The molecule has 0 N–H and O–H groups in total. The van der Waals surface area contributed by atoms with Gasteiger partial charge in [-0.2, -0.15) is 0 Å². The Morgan fingerprint density at radius 3 is 1.83 bits per heavy atom. The minimum Gasteiger partial charge on any atom is -0.368 e. The second-order valence-corrected chi connectivity index (χ2v) is 3.94. The van der Waals surface area contributed by atoms with Gasteiger partial charge in [0.15, 0.2) is 0 Å². The molecule has 0 aromatic rings. The van der Waals surface area contributed by atoms with E-state index < -0.39 is 8.60 Å². The molecule has 0 aromatic heterocycles.